The topological polar surface area (TPSA) is 141 Å². The first-order valence-corrected chi connectivity index (χ1v) is 12.3. The van der Waals surface area contributed by atoms with E-state index < -0.39 is 34.3 Å². The molecule has 10 nitrogen and oxygen atoms in total. The number of nitrogens with two attached hydrogens (primary N) is 1. The SMILES string of the molecule is Cn1nc(-c2ccc(S(=O)(=O)NCc3nonc3C(N)=Nc3ccc(F)c(Cl)c3)s2)cc1C(F)(F)F. The summed E-state index contributed by atoms with van der Waals surface area (Å²) in [6, 6.07) is 7.06. The second-order valence-corrected chi connectivity index (χ2v) is 10.6. The maximum atomic E-state index is 13.3. The molecule has 0 radical (unpaired) electrons. The zero-order valence-electron chi connectivity index (χ0n) is 17.9. The second kappa shape index (κ2) is 9.61. The lowest BCUT2D eigenvalue weighted by Crippen LogP contribution is -2.25. The van der Waals surface area contributed by atoms with Crippen molar-refractivity contribution in [3.8, 4) is 10.6 Å². The van der Waals surface area contributed by atoms with E-state index in [4.69, 9.17) is 17.3 Å². The Morgan fingerprint density at radius 3 is 2.67 bits per heavy atom. The molecular formula is C19H14ClF4N7O3S2. The first-order valence-electron chi connectivity index (χ1n) is 9.67. The molecule has 3 N–H and O–H groups in total. The summed E-state index contributed by atoms with van der Waals surface area (Å²) in [5, 5.41) is 10.9. The van der Waals surface area contributed by atoms with Crippen LogP contribution in [0.3, 0.4) is 0 Å². The summed E-state index contributed by atoms with van der Waals surface area (Å²) in [6.45, 7) is -0.392. The van der Waals surface area contributed by atoms with E-state index in [1.807, 2.05) is 0 Å². The Kier molecular flexibility index (Phi) is 6.87. The van der Waals surface area contributed by atoms with Crippen molar-refractivity contribution in [2.45, 2.75) is 16.9 Å². The molecule has 0 aliphatic rings. The van der Waals surface area contributed by atoms with Gasteiger partial charge in [-0.05, 0) is 41.6 Å². The van der Waals surface area contributed by atoms with Crippen LogP contribution in [0.4, 0.5) is 23.2 Å². The van der Waals surface area contributed by atoms with E-state index in [0.29, 0.717) is 4.68 Å². The molecule has 3 aromatic heterocycles. The number of aromatic nitrogens is 4. The van der Waals surface area contributed by atoms with Gasteiger partial charge in [-0.25, -0.2) is 27.2 Å². The summed E-state index contributed by atoms with van der Waals surface area (Å²) in [4.78, 5) is 4.27. The molecule has 0 fully saturated rings. The molecule has 0 saturated heterocycles. The van der Waals surface area contributed by atoms with Crippen molar-refractivity contribution in [1.29, 1.82) is 0 Å². The van der Waals surface area contributed by atoms with Gasteiger partial charge in [-0.3, -0.25) is 4.68 Å². The second-order valence-electron chi connectivity index (χ2n) is 7.13. The fourth-order valence-corrected chi connectivity index (χ4v) is 5.42. The highest BCUT2D eigenvalue weighted by atomic mass is 35.5. The minimum absolute atomic E-state index is 0.00404. The molecule has 0 aliphatic heterocycles. The number of sulfonamides is 1. The van der Waals surface area contributed by atoms with Crippen LogP contribution in [0, 0.1) is 5.82 Å². The number of nitrogens with one attached hydrogen (secondary N) is 1. The van der Waals surface area contributed by atoms with E-state index in [1.54, 1.807) is 0 Å². The van der Waals surface area contributed by atoms with E-state index in [0.717, 1.165) is 30.5 Å². The van der Waals surface area contributed by atoms with Crippen molar-refractivity contribution in [1.82, 2.24) is 24.8 Å². The third kappa shape index (κ3) is 5.40. The Hall–Kier alpha value is -3.34. The summed E-state index contributed by atoms with van der Waals surface area (Å²) < 4.78 is 85.4. The van der Waals surface area contributed by atoms with Gasteiger partial charge in [-0.1, -0.05) is 16.8 Å². The smallest absolute Gasteiger partial charge is 0.382 e. The number of halogens is 5. The minimum atomic E-state index is -4.61. The molecule has 17 heteroatoms. The van der Waals surface area contributed by atoms with Crippen LogP contribution in [0.15, 0.2) is 50.2 Å². The van der Waals surface area contributed by atoms with E-state index >= 15 is 0 Å². The number of aryl methyl sites for hydroxylation is 1. The summed E-state index contributed by atoms with van der Waals surface area (Å²) in [5.74, 6) is -0.838. The highest BCUT2D eigenvalue weighted by Gasteiger charge is 2.35. The third-order valence-corrected chi connectivity index (χ3v) is 7.94. The standard InChI is InChI=1S/C19H14ClF4N7O3S2/c1-31-15(19(22,23)24)7-12(28-31)14-4-5-16(35-14)36(32,33)26-8-13-17(30-34-29-13)18(25)27-9-2-3-11(21)10(20)6-9/h2-7,26H,8H2,1H3,(H2,25,27). The summed E-state index contributed by atoms with van der Waals surface area (Å²) >= 11 is 6.45. The fraction of sp³-hybridized carbons (Fsp3) is 0.158. The molecule has 4 rings (SSSR count). The lowest BCUT2D eigenvalue weighted by atomic mass is 10.3. The Morgan fingerprint density at radius 2 is 2.00 bits per heavy atom. The van der Waals surface area contributed by atoms with Gasteiger partial charge in [0.15, 0.2) is 11.5 Å². The average Bonchev–Trinajstić information content (AvgIpc) is 3.53. The number of nitrogens with zero attached hydrogens (tertiary/aromatic N) is 5. The van der Waals surface area contributed by atoms with Crippen molar-refractivity contribution in [3.05, 3.63) is 64.3 Å². The largest absolute Gasteiger partial charge is 0.433 e. The van der Waals surface area contributed by atoms with Gasteiger partial charge in [0, 0.05) is 7.05 Å². The Morgan fingerprint density at radius 1 is 1.25 bits per heavy atom. The molecule has 3 heterocycles. The molecular weight excluding hydrogens is 550 g/mol. The number of thiophene rings is 1. The van der Waals surface area contributed by atoms with Gasteiger partial charge in [0.1, 0.15) is 27.1 Å². The number of alkyl halides is 3. The molecule has 0 atom stereocenters. The van der Waals surface area contributed by atoms with Gasteiger partial charge in [0.2, 0.25) is 10.0 Å². The van der Waals surface area contributed by atoms with Gasteiger partial charge in [0.05, 0.1) is 22.1 Å². The highest BCUT2D eigenvalue weighted by Crippen LogP contribution is 2.35. The van der Waals surface area contributed by atoms with Crippen molar-refractivity contribution >= 4 is 44.5 Å². The van der Waals surface area contributed by atoms with E-state index in [2.05, 4.69) is 29.8 Å². The number of amidine groups is 1. The maximum absolute atomic E-state index is 13.3. The molecule has 190 valence electrons. The van der Waals surface area contributed by atoms with Gasteiger partial charge < -0.3 is 5.73 Å². The minimum Gasteiger partial charge on any atom is -0.382 e. The number of aliphatic imine (C=N–C) groups is 1. The van der Waals surface area contributed by atoms with E-state index in [-0.39, 0.29) is 42.7 Å². The van der Waals surface area contributed by atoms with Crippen molar-refractivity contribution < 1.29 is 30.6 Å². The molecule has 36 heavy (non-hydrogen) atoms. The van der Waals surface area contributed by atoms with Gasteiger partial charge >= 0.3 is 6.18 Å². The highest BCUT2D eigenvalue weighted by molar-refractivity contribution is 7.91. The molecule has 0 aliphatic carbocycles. The molecule has 1 aromatic carbocycles. The van der Waals surface area contributed by atoms with Crippen molar-refractivity contribution in [2.24, 2.45) is 17.8 Å². The summed E-state index contributed by atoms with van der Waals surface area (Å²) in [6.07, 6.45) is -4.61. The van der Waals surface area contributed by atoms with Crippen LogP contribution in [0.1, 0.15) is 17.1 Å². The van der Waals surface area contributed by atoms with Crippen LogP contribution in [-0.4, -0.2) is 34.3 Å². The van der Waals surface area contributed by atoms with E-state index in [9.17, 15) is 26.0 Å². The number of hydrogen-bond donors (Lipinski definition) is 2. The molecule has 0 amide bonds. The Labute approximate surface area is 209 Å². The van der Waals surface area contributed by atoms with Crippen LogP contribution in [0.25, 0.3) is 10.6 Å². The number of rotatable bonds is 7. The monoisotopic (exact) mass is 563 g/mol. The normalized spacial score (nSPS) is 12.9. The van der Waals surface area contributed by atoms with Crippen molar-refractivity contribution in [2.75, 3.05) is 0 Å². The summed E-state index contributed by atoms with van der Waals surface area (Å²) in [5.41, 5.74) is 5.07. The predicted octanol–water partition coefficient (Wildman–Crippen LogP) is 3.86. The fourth-order valence-electron chi connectivity index (χ4n) is 2.95. The number of hydrogen-bond acceptors (Lipinski definition) is 8. The van der Waals surface area contributed by atoms with Gasteiger partial charge in [-0.2, -0.15) is 18.3 Å². The maximum Gasteiger partial charge on any atom is 0.433 e. The van der Waals surface area contributed by atoms with Gasteiger partial charge in [-0.15, -0.1) is 11.3 Å². The molecule has 0 unspecified atom stereocenters. The number of benzene rings is 1. The van der Waals surface area contributed by atoms with Crippen LogP contribution in [-0.2, 0) is 29.8 Å². The van der Waals surface area contributed by atoms with E-state index in [1.165, 1.54) is 24.3 Å². The molecule has 4 aromatic rings. The molecule has 0 bridgehead atoms. The zero-order valence-corrected chi connectivity index (χ0v) is 20.3. The lowest BCUT2D eigenvalue weighted by molar-refractivity contribution is -0.143. The van der Waals surface area contributed by atoms with Crippen LogP contribution in [0.5, 0.6) is 0 Å². The Bertz CT molecular complexity index is 1560. The van der Waals surface area contributed by atoms with Gasteiger partial charge in [0.25, 0.3) is 0 Å². The quantitative estimate of drug-likeness (QED) is 0.197. The van der Waals surface area contributed by atoms with Crippen LogP contribution in [0.2, 0.25) is 5.02 Å². The Balaban J connectivity index is 1.50. The predicted molar refractivity (Wildman–Crippen MR) is 122 cm³/mol. The van der Waals surface area contributed by atoms with Crippen LogP contribution >= 0.6 is 22.9 Å². The summed E-state index contributed by atoms with van der Waals surface area (Å²) in [7, 11) is -2.96. The molecule has 0 saturated carbocycles. The zero-order chi connectivity index (χ0) is 26.3. The average molecular weight is 564 g/mol. The van der Waals surface area contributed by atoms with Crippen molar-refractivity contribution in [3.63, 3.8) is 0 Å². The first kappa shape index (κ1) is 25.7. The van der Waals surface area contributed by atoms with Crippen LogP contribution < -0.4 is 10.5 Å². The third-order valence-electron chi connectivity index (χ3n) is 4.65. The lowest BCUT2D eigenvalue weighted by Gasteiger charge is -2.04. The molecule has 0 spiro atoms. The first-order chi connectivity index (χ1) is 16.8.